The van der Waals surface area contributed by atoms with Gasteiger partial charge >= 0.3 is 0 Å². The van der Waals surface area contributed by atoms with Crippen molar-refractivity contribution < 1.29 is 0 Å². The molecule has 2 aliphatic carbocycles. The lowest BCUT2D eigenvalue weighted by Crippen LogP contribution is -2.16. The van der Waals surface area contributed by atoms with E-state index < -0.39 is 0 Å². The summed E-state index contributed by atoms with van der Waals surface area (Å²) >= 11 is 0. The van der Waals surface area contributed by atoms with E-state index in [9.17, 15) is 0 Å². The fourth-order valence-electron chi connectivity index (χ4n) is 10.1. The SMILES string of the molecule is CC1(C)c2ccccc2-c2cc(N(c3ccc(-c4ccccc4-n4c5ccccc5c5ccccc54)cc3)c3cccc4c3-c3ccccc3C4(C)C)ccc21. The molecule has 9 aromatic rings. The Morgan fingerprint density at radius 2 is 0.911 bits per heavy atom. The summed E-state index contributed by atoms with van der Waals surface area (Å²) in [4.78, 5) is 2.49. The molecular formula is C54H42N2. The van der Waals surface area contributed by atoms with E-state index in [2.05, 4.69) is 219 Å². The lowest BCUT2D eigenvalue weighted by Gasteiger charge is -2.30. The number of anilines is 3. The van der Waals surface area contributed by atoms with Crippen LogP contribution in [-0.2, 0) is 10.8 Å². The molecule has 0 saturated heterocycles. The highest BCUT2D eigenvalue weighted by molar-refractivity contribution is 6.09. The van der Waals surface area contributed by atoms with E-state index in [0.29, 0.717) is 0 Å². The van der Waals surface area contributed by atoms with Gasteiger partial charge in [-0.15, -0.1) is 0 Å². The number of aromatic nitrogens is 1. The van der Waals surface area contributed by atoms with Gasteiger partial charge in [-0.1, -0.05) is 161 Å². The molecule has 0 N–H and O–H groups in total. The molecule has 1 aromatic heterocycles. The normalized spacial score (nSPS) is 14.4. The zero-order valence-corrected chi connectivity index (χ0v) is 32.2. The largest absolute Gasteiger partial charge is 0.310 e. The summed E-state index contributed by atoms with van der Waals surface area (Å²) < 4.78 is 2.43. The quantitative estimate of drug-likeness (QED) is 0.172. The zero-order valence-electron chi connectivity index (χ0n) is 32.2. The Bertz CT molecular complexity index is 2980. The molecule has 8 aromatic carbocycles. The topological polar surface area (TPSA) is 8.17 Å². The minimum absolute atomic E-state index is 0.0579. The number of fused-ring (bicyclic) bond motifs is 9. The fourth-order valence-corrected chi connectivity index (χ4v) is 10.1. The summed E-state index contributed by atoms with van der Waals surface area (Å²) in [5.41, 5.74) is 20.1. The number of benzene rings is 8. The first-order chi connectivity index (χ1) is 27.3. The summed E-state index contributed by atoms with van der Waals surface area (Å²) in [7, 11) is 0. The maximum Gasteiger partial charge on any atom is 0.0543 e. The predicted octanol–water partition coefficient (Wildman–Crippen LogP) is 14.5. The van der Waals surface area contributed by atoms with E-state index in [1.807, 2.05) is 0 Å². The van der Waals surface area contributed by atoms with E-state index in [0.717, 1.165) is 11.4 Å². The summed E-state index contributed by atoms with van der Waals surface area (Å²) in [6, 6.07) is 67.5. The molecule has 0 radical (unpaired) electrons. The first kappa shape index (κ1) is 32.8. The Hall–Kier alpha value is -6.64. The third-order valence-corrected chi connectivity index (χ3v) is 12.8. The van der Waals surface area contributed by atoms with Crippen molar-refractivity contribution in [2.45, 2.75) is 38.5 Å². The van der Waals surface area contributed by atoms with Crippen LogP contribution in [0.1, 0.15) is 49.9 Å². The summed E-state index contributed by atoms with van der Waals surface area (Å²) in [5.74, 6) is 0. The van der Waals surface area contributed by atoms with Crippen LogP contribution < -0.4 is 4.90 Å². The maximum absolute atomic E-state index is 2.49. The molecule has 2 aliphatic rings. The van der Waals surface area contributed by atoms with Gasteiger partial charge in [0.1, 0.15) is 0 Å². The van der Waals surface area contributed by atoms with Crippen molar-refractivity contribution in [3.05, 3.63) is 204 Å². The predicted molar refractivity (Wildman–Crippen MR) is 236 cm³/mol. The highest BCUT2D eigenvalue weighted by Gasteiger charge is 2.39. The minimum atomic E-state index is -0.102. The second-order valence-corrected chi connectivity index (χ2v) is 16.5. The van der Waals surface area contributed by atoms with Crippen LogP contribution in [0.15, 0.2) is 182 Å². The van der Waals surface area contributed by atoms with Crippen LogP contribution in [0.3, 0.4) is 0 Å². The van der Waals surface area contributed by atoms with E-state index in [1.165, 1.54) is 88.8 Å². The van der Waals surface area contributed by atoms with Crippen LogP contribution in [0.5, 0.6) is 0 Å². The number of rotatable bonds is 5. The molecule has 11 rings (SSSR count). The molecule has 2 nitrogen and oxygen atoms in total. The lowest BCUT2D eigenvalue weighted by molar-refractivity contribution is 0.660. The van der Waals surface area contributed by atoms with Crippen molar-refractivity contribution in [2.24, 2.45) is 0 Å². The third-order valence-electron chi connectivity index (χ3n) is 12.8. The Labute approximate surface area is 328 Å². The van der Waals surface area contributed by atoms with Gasteiger partial charge in [0.05, 0.1) is 22.4 Å². The van der Waals surface area contributed by atoms with Gasteiger partial charge in [-0.2, -0.15) is 0 Å². The van der Waals surface area contributed by atoms with Crippen molar-refractivity contribution >= 4 is 38.9 Å². The van der Waals surface area contributed by atoms with Crippen LogP contribution in [0.25, 0.3) is 60.9 Å². The number of nitrogens with zero attached hydrogens (tertiary/aromatic N) is 2. The van der Waals surface area contributed by atoms with Gasteiger partial charge in [-0.3, -0.25) is 0 Å². The van der Waals surface area contributed by atoms with Crippen LogP contribution in [0, 0.1) is 0 Å². The molecule has 0 saturated carbocycles. The molecule has 56 heavy (non-hydrogen) atoms. The lowest BCUT2D eigenvalue weighted by atomic mass is 9.82. The molecule has 1 heterocycles. The first-order valence-corrected chi connectivity index (χ1v) is 19.8. The summed E-state index contributed by atoms with van der Waals surface area (Å²) in [5, 5.41) is 2.54. The van der Waals surface area contributed by atoms with Crippen molar-refractivity contribution in [1.29, 1.82) is 0 Å². The summed E-state index contributed by atoms with van der Waals surface area (Å²) in [6.45, 7) is 9.44. The molecule has 268 valence electrons. The molecular weight excluding hydrogens is 677 g/mol. The van der Waals surface area contributed by atoms with Crippen LogP contribution >= 0.6 is 0 Å². The van der Waals surface area contributed by atoms with Gasteiger partial charge in [0.25, 0.3) is 0 Å². The molecule has 0 fully saturated rings. The Morgan fingerprint density at radius 1 is 0.393 bits per heavy atom. The molecule has 0 bridgehead atoms. The standard InChI is InChI=1S/C54H42N2/c1-53(2)44-21-10-5-17-39(44)43-34-37(32-33-46(43)53)55(51-27-15-23-47-52(51)42-20-6-11-22-45(42)54(47,3)4)36-30-28-35(29-31-36)38-16-7-12-24-48(38)56-49-25-13-8-18-40(49)41-19-9-14-26-50(41)56/h5-34H,1-4H3. The van der Waals surface area contributed by atoms with Gasteiger partial charge < -0.3 is 9.47 Å². The van der Waals surface area contributed by atoms with Crippen LogP contribution in [-0.4, -0.2) is 4.57 Å². The number of hydrogen-bond donors (Lipinski definition) is 0. The number of para-hydroxylation sites is 3. The van der Waals surface area contributed by atoms with Crippen LogP contribution in [0.4, 0.5) is 17.1 Å². The van der Waals surface area contributed by atoms with Crippen LogP contribution in [0.2, 0.25) is 0 Å². The van der Waals surface area contributed by atoms with Gasteiger partial charge in [0.2, 0.25) is 0 Å². The smallest absolute Gasteiger partial charge is 0.0543 e. The van der Waals surface area contributed by atoms with Gasteiger partial charge in [-0.05, 0) is 93.0 Å². The van der Waals surface area contributed by atoms with E-state index >= 15 is 0 Å². The molecule has 0 amide bonds. The monoisotopic (exact) mass is 718 g/mol. The first-order valence-electron chi connectivity index (χ1n) is 19.8. The molecule has 0 atom stereocenters. The Balaban J connectivity index is 1.10. The molecule has 0 spiro atoms. The average molecular weight is 719 g/mol. The summed E-state index contributed by atoms with van der Waals surface area (Å²) in [6.07, 6.45) is 0. The fraction of sp³-hybridized carbons (Fsp3) is 0.111. The highest BCUT2D eigenvalue weighted by Crippen LogP contribution is 2.55. The van der Waals surface area contributed by atoms with Gasteiger partial charge in [-0.25, -0.2) is 0 Å². The molecule has 2 heteroatoms. The van der Waals surface area contributed by atoms with E-state index in [4.69, 9.17) is 0 Å². The Morgan fingerprint density at radius 3 is 1.62 bits per heavy atom. The minimum Gasteiger partial charge on any atom is -0.310 e. The van der Waals surface area contributed by atoms with Crippen molar-refractivity contribution in [2.75, 3.05) is 4.90 Å². The Kier molecular flexibility index (Phi) is 6.98. The van der Waals surface area contributed by atoms with E-state index in [1.54, 1.807) is 0 Å². The second kappa shape index (κ2) is 11.9. The molecule has 0 unspecified atom stereocenters. The second-order valence-electron chi connectivity index (χ2n) is 16.5. The highest BCUT2D eigenvalue weighted by atomic mass is 15.1. The zero-order chi connectivity index (χ0) is 37.8. The maximum atomic E-state index is 2.49. The molecule has 0 aliphatic heterocycles. The van der Waals surface area contributed by atoms with E-state index in [-0.39, 0.29) is 10.8 Å². The van der Waals surface area contributed by atoms with Crippen molar-refractivity contribution in [3.63, 3.8) is 0 Å². The van der Waals surface area contributed by atoms with Gasteiger partial charge in [0.15, 0.2) is 0 Å². The average Bonchev–Trinajstić information content (AvgIpc) is 3.78. The van der Waals surface area contributed by atoms with Crippen molar-refractivity contribution in [3.8, 4) is 39.1 Å². The van der Waals surface area contributed by atoms with Crippen molar-refractivity contribution in [1.82, 2.24) is 4.57 Å². The van der Waals surface area contributed by atoms with Gasteiger partial charge in [0, 0.05) is 44.1 Å². The third kappa shape index (κ3) is 4.56. The number of hydrogen-bond acceptors (Lipinski definition) is 1.